The molecule has 9 aromatic rings. The van der Waals surface area contributed by atoms with E-state index in [-0.39, 0.29) is 0 Å². The van der Waals surface area contributed by atoms with E-state index in [1.807, 2.05) is 30.3 Å². The van der Waals surface area contributed by atoms with Gasteiger partial charge >= 0.3 is 5.82 Å². The van der Waals surface area contributed by atoms with Gasteiger partial charge in [-0.25, -0.2) is 4.98 Å². The molecule has 0 fully saturated rings. The molecule has 0 unspecified atom stereocenters. The first-order chi connectivity index (χ1) is 18.8. The van der Waals surface area contributed by atoms with E-state index in [0.717, 1.165) is 32.8 Å². The van der Waals surface area contributed by atoms with E-state index in [0.29, 0.717) is 11.6 Å². The second-order valence-electron chi connectivity index (χ2n) is 9.74. The molecule has 0 saturated heterocycles. The quantitative estimate of drug-likeness (QED) is 0.220. The molecule has 5 nitrogen and oxygen atoms in total. The Hall–Kier alpha value is -5.47. The van der Waals surface area contributed by atoms with Gasteiger partial charge in [0.2, 0.25) is 0 Å². The van der Waals surface area contributed by atoms with Crippen molar-refractivity contribution in [3.8, 4) is 5.82 Å². The van der Waals surface area contributed by atoms with Crippen LogP contribution in [-0.4, -0.2) is 18.9 Å². The van der Waals surface area contributed by atoms with Gasteiger partial charge in [0.15, 0.2) is 11.3 Å². The summed E-state index contributed by atoms with van der Waals surface area (Å²) in [5.74, 6) is 0.859. The smallest absolute Gasteiger partial charge is 0.313 e. The van der Waals surface area contributed by atoms with Crippen molar-refractivity contribution in [2.75, 3.05) is 0 Å². The molecule has 38 heavy (non-hydrogen) atoms. The maximum Gasteiger partial charge on any atom is 0.313 e. The molecule has 4 heterocycles. The summed E-state index contributed by atoms with van der Waals surface area (Å²) in [6.07, 6.45) is 0. The molecule has 4 aromatic heterocycles. The van der Waals surface area contributed by atoms with E-state index in [1.54, 1.807) is 0 Å². The van der Waals surface area contributed by atoms with Gasteiger partial charge in [0.05, 0.1) is 27.6 Å². The molecule has 0 aliphatic rings. The fourth-order valence-electron chi connectivity index (χ4n) is 6.38. The highest BCUT2D eigenvalue weighted by Gasteiger charge is 2.25. The van der Waals surface area contributed by atoms with Gasteiger partial charge in [-0.2, -0.15) is 0 Å². The van der Waals surface area contributed by atoms with Crippen LogP contribution >= 0.6 is 0 Å². The van der Waals surface area contributed by atoms with Crippen LogP contribution in [0.1, 0.15) is 0 Å². The average Bonchev–Trinajstić information content (AvgIpc) is 3.61. The number of nitrogens with zero attached hydrogens (tertiary/aromatic N) is 5. The lowest BCUT2D eigenvalue weighted by Crippen LogP contribution is -2.00. The monoisotopic (exact) mass is 483 g/mol. The van der Waals surface area contributed by atoms with Gasteiger partial charge in [-0.05, 0) is 36.4 Å². The molecule has 174 valence electrons. The molecule has 0 aliphatic carbocycles. The van der Waals surface area contributed by atoms with Crippen LogP contribution in [0.25, 0.3) is 81.6 Å². The first-order valence-corrected chi connectivity index (χ1v) is 12.6. The second kappa shape index (κ2) is 6.84. The Morgan fingerprint density at radius 3 is 1.84 bits per heavy atom. The van der Waals surface area contributed by atoms with Crippen LogP contribution in [0.5, 0.6) is 0 Å². The van der Waals surface area contributed by atoms with E-state index in [9.17, 15) is 0 Å². The minimum atomic E-state index is 0.297. The van der Waals surface area contributed by atoms with Gasteiger partial charge in [-0.3, -0.25) is 0 Å². The summed E-state index contributed by atoms with van der Waals surface area (Å²) in [5, 5.41) is 7.11. The Morgan fingerprint density at radius 2 is 1.11 bits per heavy atom. The lowest BCUT2D eigenvalue weighted by Gasteiger charge is -2.10. The first kappa shape index (κ1) is 19.7. The molecular weight excluding hydrogens is 466 g/mol. The zero-order valence-corrected chi connectivity index (χ0v) is 20.1. The molecule has 5 heteroatoms. The summed E-state index contributed by atoms with van der Waals surface area (Å²) in [6.45, 7) is 8.01. The standard InChI is InChI=1S/C33H17N5/c1-34-32-33(36-25-14-6-5-13-24(25)35-32)38-27-16-8-3-11-20(27)23-18-22-19-10-2-7-15-26(19)37-28-17-9-4-12-21(28)29(30(22)37)31(23)38/h2-18H. The maximum atomic E-state index is 8.01. The number of para-hydroxylation sites is 5. The Balaban J connectivity index is 1.62. The molecule has 0 atom stereocenters. The Bertz CT molecular complexity index is 2470. The van der Waals surface area contributed by atoms with Gasteiger partial charge in [0.25, 0.3) is 0 Å². The molecule has 0 bridgehead atoms. The number of rotatable bonds is 1. The van der Waals surface area contributed by atoms with Crippen LogP contribution in [0.4, 0.5) is 5.82 Å². The number of aromatic nitrogens is 4. The molecule has 0 aliphatic heterocycles. The van der Waals surface area contributed by atoms with Crippen molar-refractivity contribution in [1.82, 2.24) is 18.9 Å². The van der Waals surface area contributed by atoms with Crippen molar-refractivity contribution >= 4 is 76.8 Å². The van der Waals surface area contributed by atoms with Crippen molar-refractivity contribution < 1.29 is 0 Å². The Kier molecular flexibility index (Phi) is 3.55. The minimum Gasteiger partial charge on any atom is -0.358 e. The lowest BCUT2D eigenvalue weighted by molar-refractivity contribution is 1.09. The van der Waals surface area contributed by atoms with Crippen LogP contribution in [0.2, 0.25) is 0 Å². The predicted molar refractivity (Wildman–Crippen MR) is 155 cm³/mol. The number of benzene rings is 5. The average molecular weight is 484 g/mol. The second-order valence-corrected chi connectivity index (χ2v) is 9.74. The maximum absolute atomic E-state index is 8.01. The molecule has 0 N–H and O–H groups in total. The van der Waals surface area contributed by atoms with Crippen LogP contribution in [0.15, 0.2) is 103 Å². The third-order valence-corrected chi connectivity index (χ3v) is 7.86. The molecular formula is C33H17N5. The summed E-state index contributed by atoms with van der Waals surface area (Å²) in [5.41, 5.74) is 7.14. The third kappa shape index (κ3) is 2.26. The highest BCUT2D eigenvalue weighted by molar-refractivity contribution is 6.34. The normalized spacial score (nSPS) is 12.2. The predicted octanol–water partition coefficient (Wildman–Crippen LogP) is 8.43. The topological polar surface area (TPSA) is 39.5 Å². The van der Waals surface area contributed by atoms with Gasteiger partial charge in [-0.15, -0.1) is 4.98 Å². The van der Waals surface area contributed by atoms with Crippen LogP contribution in [0.3, 0.4) is 0 Å². The molecule has 0 amide bonds. The van der Waals surface area contributed by atoms with E-state index < -0.39 is 0 Å². The number of hydrogen-bond donors (Lipinski definition) is 0. The molecule has 5 aromatic carbocycles. The highest BCUT2D eigenvalue weighted by atomic mass is 15.1. The zero-order chi connectivity index (χ0) is 25.0. The number of fused-ring (bicyclic) bond motifs is 11. The van der Waals surface area contributed by atoms with Crippen molar-refractivity contribution in [2.24, 2.45) is 0 Å². The fourth-order valence-corrected chi connectivity index (χ4v) is 6.38. The molecule has 9 rings (SSSR count). The lowest BCUT2D eigenvalue weighted by atomic mass is 10.0. The third-order valence-electron chi connectivity index (χ3n) is 7.86. The summed E-state index contributed by atoms with van der Waals surface area (Å²) in [7, 11) is 0. The van der Waals surface area contributed by atoms with Crippen molar-refractivity contribution in [3.05, 3.63) is 115 Å². The zero-order valence-electron chi connectivity index (χ0n) is 20.1. The van der Waals surface area contributed by atoms with Crippen LogP contribution < -0.4 is 0 Å². The minimum absolute atomic E-state index is 0.297. The molecule has 0 radical (unpaired) electrons. The largest absolute Gasteiger partial charge is 0.358 e. The van der Waals surface area contributed by atoms with Gasteiger partial charge in [-0.1, -0.05) is 73.3 Å². The van der Waals surface area contributed by atoms with E-state index in [2.05, 4.69) is 86.6 Å². The summed E-state index contributed by atoms with van der Waals surface area (Å²) in [4.78, 5) is 13.6. The first-order valence-electron chi connectivity index (χ1n) is 12.6. The van der Waals surface area contributed by atoms with Gasteiger partial charge < -0.3 is 13.8 Å². The summed E-state index contributed by atoms with van der Waals surface area (Å²) < 4.78 is 4.55. The van der Waals surface area contributed by atoms with Crippen molar-refractivity contribution in [1.29, 1.82) is 0 Å². The molecule has 0 saturated carbocycles. The van der Waals surface area contributed by atoms with E-state index >= 15 is 0 Å². The van der Waals surface area contributed by atoms with Crippen LogP contribution in [0, 0.1) is 6.57 Å². The van der Waals surface area contributed by atoms with Gasteiger partial charge in [0, 0.05) is 32.3 Å². The SMILES string of the molecule is [C-]#[N+]c1nc2ccccc2nc1-n1c2ccccc2c2cc3c4ccccc4n4c5ccccc5c(c21)c34. The highest BCUT2D eigenvalue weighted by Crippen LogP contribution is 2.46. The summed E-state index contributed by atoms with van der Waals surface area (Å²) in [6, 6.07) is 35.7. The van der Waals surface area contributed by atoms with Crippen molar-refractivity contribution in [2.45, 2.75) is 0 Å². The van der Waals surface area contributed by atoms with E-state index in [4.69, 9.17) is 16.5 Å². The van der Waals surface area contributed by atoms with Gasteiger partial charge in [0.1, 0.15) is 5.52 Å². The van der Waals surface area contributed by atoms with Crippen molar-refractivity contribution in [3.63, 3.8) is 0 Å². The van der Waals surface area contributed by atoms with E-state index in [1.165, 1.54) is 38.1 Å². The number of hydrogen-bond acceptors (Lipinski definition) is 2. The van der Waals surface area contributed by atoms with Crippen LogP contribution in [-0.2, 0) is 0 Å². The Morgan fingerprint density at radius 1 is 0.553 bits per heavy atom. The Labute approximate surface area is 216 Å². The summed E-state index contributed by atoms with van der Waals surface area (Å²) >= 11 is 0. The fraction of sp³-hybridized carbons (Fsp3) is 0. The molecule has 0 spiro atoms.